The van der Waals surface area contributed by atoms with Crippen LogP contribution in [-0.4, -0.2) is 13.6 Å². The van der Waals surface area contributed by atoms with Gasteiger partial charge < -0.3 is 9.55 Å². The summed E-state index contributed by atoms with van der Waals surface area (Å²) < 4.78 is 6.26. The molecule has 130 valence electrons. The molecule has 1 aliphatic rings. The second kappa shape index (κ2) is 5.68. The zero-order chi connectivity index (χ0) is 17.9. The molecule has 1 N–H and O–H groups in total. The maximum Gasteiger partial charge on any atom is 0.0801 e. The minimum atomic E-state index is -0.123. The Kier molecular flexibility index (Phi) is 3.51. The van der Waals surface area contributed by atoms with E-state index in [-0.39, 0.29) is 26.1 Å². The van der Waals surface area contributed by atoms with Crippen LogP contribution >= 0.6 is 20.7 Å². The minimum absolute atomic E-state index is 0.123. The molecule has 0 atom stereocenters. The summed E-state index contributed by atoms with van der Waals surface area (Å²) in [5.74, 6) is 0. The number of para-hydroxylation sites is 1. The Balaban J connectivity index is 1.97. The van der Waals surface area contributed by atoms with Crippen molar-refractivity contribution in [3.63, 3.8) is 0 Å². The van der Waals surface area contributed by atoms with Crippen LogP contribution in [0.25, 0.3) is 36.5 Å². The van der Waals surface area contributed by atoms with Crippen LogP contribution in [0.1, 0.15) is 26.3 Å². The lowest BCUT2D eigenvalue weighted by atomic mass is 9.86. The molecule has 0 saturated heterocycles. The highest BCUT2D eigenvalue weighted by Crippen LogP contribution is 2.40. The summed E-state index contributed by atoms with van der Waals surface area (Å²) in [5, 5.41) is 2.62. The second-order valence-electron chi connectivity index (χ2n) is 7.82. The number of rotatable bonds is 1. The summed E-state index contributed by atoms with van der Waals surface area (Å²) in [6, 6.07) is 15.6. The van der Waals surface area contributed by atoms with Crippen LogP contribution in [0, 0.1) is 0 Å². The van der Waals surface area contributed by atoms with Gasteiger partial charge in [-0.1, -0.05) is 77.9 Å². The third kappa shape index (κ3) is 2.33. The van der Waals surface area contributed by atoms with E-state index < -0.39 is 0 Å². The highest BCUT2D eigenvalue weighted by Gasteiger charge is 2.20. The van der Waals surface area contributed by atoms with Gasteiger partial charge in [0.2, 0.25) is 0 Å². The van der Waals surface area contributed by atoms with Gasteiger partial charge in [0, 0.05) is 16.3 Å². The summed E-state index contributed by atoms with van der Waals surface area (Å²) in [5.41, 5.74) is 6.61. The average molecular weight is 452 g/mol. The largest absolute Gasteiger partial charge is 0.353 e. The number of nitrogens with one attached hydrogen (secondary N) is 1. The fourth-order valence-corrected chi connectivity index (χ4v) is 5.74. The Bertz CT molecular complexity index is 1260. The van der Waals surface area contributed by atoms with Gasteiger partial charge >= 0.3 is 0 Å². The van der Waals surface area contributed by atoms with E-state index in [1.54, 1.807) is 0 Å². The van der Waals surface area contributed by atoms with Crippen LogP contribution in [0.4, 0.5) is 0 Å². The number of halogens is 1. The molecule has 2 aromatic heterocycles. The molecule has 5 rings (SSSR count). The van der Waals surface area contributed by atoms with Gasteiger partial charge in [-0.2, -0.15) is 0 Å². The topological polar surface area (TPSA) is 20.7 Å². The maximum atomic E-state index is 3.70. The SMILES string of the molecule is CC(C)(C)c1ccc2[nH]c3c4ccccc4n(C4=CC=CC=I4)c3c2c1. The van der Waals surface area contributed by atoms with Gasteiger partial charge in [-0.15, -0.1) is 0 Å². The average Bonchev–Trinajstić information content (AvgIpc) is 3.16. The van der Waals surface area contributed by atoms with Gasteiger partial charge in [0.25, 0.3) is 0 Å². The fraction of sp³-hybridized carbons (Fsp3) is 0.174. The normalized spacial score (nSPS) is 15.0. The van der Waals surface area contributed by atoms with Crippen molar-refractivity contribution >= 4 is 61.3 Å². The molecule has 1 aliphatic heterocycles. The van der Waals surface area contributed by atoms with E-state index in [0.717, 1.165) is 0 Å². The van der Waals surface area contributed by atoms with Crippen molar-refractivity contribution in [3.8, 4) is 0 Å². The smallest absolute Gasteiger partial charge is 0.0801 e. The highest BCUT2D eigenvalue weighted by atomic mass is 127. The van der Waals surface area contributed by atoms with Crippen molar-refractivity contribution in [2.24, 2.45) is 0 Å². The molecular weight excluding hydrogens is 431 g/mol. The zero-order valence-electron chi connectivity index (χ0n) is 15.2. The van der Waals surface area contributed by atoms with E-state index >= 15 is 0 Å². The Hall–Kier alpha value is -2.14. The third-order valence-electron chi connectivity index (χ3n) is 5.08. The van der Waals surface area contributed by atoms with Crippen LogP contribution in [0.5, 0.6) is 0 Å². The molecule has 26 heavy (non-hydrogen) atoms. The number of aromatic amines is 1. The number of nitrogens with zero attached hydrogens (tertiary/aromatic N) is 1. The van der Waals surface area contributed by atoms with Crippen LogP contribution in [-0.2, 0) is 5.41 Å². The molecule has 0 radical (unpaired) electrons. The van der Waals surface area contributed by atoms with Gasteiger partial charge in [-0.25, -0.2) is 0 Å². The van der Waals surface area contributed by atoms with Crippen LogP contribution < -0.4 is 0 Å². The maximum absolute atomic E-state index is 3.70. The molecule has 3 heteroatoms. The molecule has 0 amide bonds. The number of aromatic nitrogens is 2. The van der Waals surface area contributed by atoms with Crippen molar-refractivity contribution in [2.75, 3.05) is 0 Å². The monoisotopic (exact) mass is 452 g/mol. The molecule has 2 aromatic carbocycles. The number of allylic oxidation sites excluding steroid dienone is 3. The summed E-state index contributed by atoms with van der Waals surface area (Å²) in [4.78, 5) is 3.70. The molecule has 0 fully saturated rings. The zero-order valence-corrected chi connectivity index (χ0v) is 17.3. The summed E-state index contributed by atoms with van der Waals surface area (Å²) in [7, 11) is 0. The minimum Gasteiger partial charge on any atom is -0.353 e. The highest BCUT2D eigenvalue weighted by molar-refractivity contribution is 14.2. The summed E-state index contributed by atoms with van der Waals surface area (Å²) in [6.45, 7) is 6.84. The molecule has 4 aromatic rings. The van der Waals surface area contributed by atoms with Gasteiger partial charge in [0.05, 0.1) is 20.3 Å². The van der Waals surface area contributed by atoms with Crippen LogP contribution in [0.3, 0.4) is 0 Å². The Morgan fingerprint density at radius 3 is 2.58 bits per heavy atom. The third-order valence-corrected chi connectivity index (χ3v) is 7.34. The number of hydrogen-bond acceptors (Lipinski definition) is 0. The Morgan fingerprint density at radius 2 is 1.81 bits per heavy atom. The first-order chi connectivity index (χ1) is 12.5. The van der Waals surface area contributed by atoms with Crippen molar-refractivity contribution in [1.29, 1.82) is 0 Å². The van der Waals surface area contributed by atoms with Crippen molar-refractivity contribution < 1.29 is 0 Å². The van der Waals surface area contributed by atoms with Gasteiger partial charge in [0.1, 0.15) is 0 Å². The number of hydrogen-bond donors (Lipinski definition) is 1. The van der Waals surface area contributed by atoms with Crippen LogP contribution in [0.15, 0.2) is 60.7 Å². The predicted molar refractivity (Wildman–Crippen MR) is 123 cm³/mol. The second-order valence-corrected chi connectivity index (χ2v) is 10.3. The number of H-pyrrole nitrogens is 1. The number of fused-ring (bicyclic) bond motifs is 5. The van der Waals surface area contributed by atoms with E-state index in [9.17, 15) is 0 Å². The summed E-state index contributed by atoms with van der Waals surface area (Å²) >= 11 is -0.123. The van der Waals surface area contributed by atoms with E-state index in [4.69, 9.17) is 0 Å². The van der Waals surface area contributed by atoms with Gasteiger partial charge in [-0.3, -0.25) is 0 Å². The quantitative estimate of drug-likeness (QED) is 0.310. The molecule has 0 bridgehead atoms. The first-order valence-corrected chi connectivity index (χ1v) is 11.3. The van der Waals surface area contributed by atoms with Crippen LogP contribution in [0.2, 0.25) is 0 Å². The van der Waals surface area contributed by atoms with E-state index in [2.05, 4.69) is 95.0 Å². The first-order valence-electron chi connectivity index (χ1n) is 8.93. The molecule has 0 aliphatic carbocycles. The Labute approximate surface area is 162 Å². The van der Waals surface area contributed by atoms with E-state index in [1.807, 2.05) is 0 Å². The molecule has 0 saturated carbocycles. The lowest BCUT2D eigenvalue weighted by molar-refractivity contribution is 0.591. The standard InChI is InChI=1S/C23H21IN2/c1-23(2,3)15-11-12-18-17(14-15)22-21(25-18)16-8-4-5-9-19(16)26(22)20-10-6-7-13-24-20/h4-14,25H,1-3H3. The Morgan fingerprint density at radius 1 is 0.962 bits per heavy atom. The predicted octanol–water partition coefficient (Wildman–Crippen LogP) is 6.71. The van der Waals surface area contributed by atoms with Gasteiger partial charge in [-0.05, 0) is 39.3 Å². The lowest BCUT2D eigenvalue weighted by Gasteiger charge is -2.19. The van der Waals surface area contributed by atoms with Crippen molar-refractivity contribution in [1.82, 2.24) is 9.55 Å². The van der Waals surface area contributed by atoms with Crippen molar-refractivity contribution in [2.45, 2.75) is 26.2 Å². The summed E-state index contributed by atoms with van der Waals surface area (Å²) in [6.07, 6.45) is 6.62. The molecular formula is C23H21IN2. The molecule has 0 unspecified atom stereocenters. The fourth-order valence-electron chi connectivity index (χ4n) is 3.73. The first kappa shape index (κ1) is 16.1. The van der Waals surface area contributed by atoms with E-state index in [1.165, 1.54) is 42.1 Å². The van der Waals surface area contributed by atoms with Crippen molar-refractivity contribution in [3.05, 3.63) is 66.3 Å². The van der Waals surface area contributed by atoms with E-state index in [0.29, 0.717) is 0 Å². The number of benzene rings is 2. The molecule has 2 nitrogen and oxygen atoms in total. The molecule has 0 spiro atoms. The lowest BCUT2D eigenvalue weighted by Crippen LogP contribution is -2.10. The molecule has 3 heterocycles. The van der Waals surface area contributed by atoms with Gasteiger partial charge in [0.15, 0.2) is 0 Å².